The van der Waals surface area contributed by atoms with E-state index in [4.69, 9.17) is 9.47 Å². The van der Waals surface area contributed by atoms with E-state index in [0.29, 0.717) is 13.0 Å². The second-order valence-electron chi connectivity index (χ2n) is 3.44. The standard InChI is InChI=1S/C10H18O3/c1-4-7(3)13-9-6-8(11)10(9)12-5-2/h7,9-10H,4-6H2,1-3H3. The van der Waals surface area contributed by atoms with Gasteiger partial charge in [-0.05, 0) is 20.3 Å². The topological polar surface area (TPSA) is 35.5 Å². The average Bonchev–Trinajstić information content (AvgIpc) is 2.13. The molecule has 0 heterocycles. The van der Waals surface area contributed by atoms with Crippen molar-refractivity contribution < 1.29 is 14.3 Å². The van der Waals surface area contributed by atoms with E-state index in [2.05, 4.69) is 6.92 Å². The number of ether oxygens (including phenoxy) is 2. The molecule has 76 valence electrons. The molecule has 0 aliphatic heterocycles. The predicted octanol–water partition coefficient (Wildman–Crippen LogP) is 1.55. The Morgan fingerprint density at radius 2 is 2.23 bits per heavy atom. The highest BCUT2D eigenvalue weighted by Crippen LogP contribution is 2.24. The second kappa shape index (κ2) is 4.72. The summed E-state index contributed by atoms with van der Waals surface area (Å²) >= 11 is 0. The maximum Gasteiger partial charge on any atom is 0.166 e. The molecule has 0 saturated heterocycles. The molecule has 0 amide bonds. The molecule has 3 nitrogen and oxygen atoms in total. The second-order valence-corrected chi connectivity index (χ2v) is 3.44. The van der Waals surface area contributed by atoms with E-state index in [-0.39, 0.29) is 24.1 Å². The van der Waals surface area contributed by atoms with Crippen molar-refractivity contribution >= 4 is 5.78 Å². The van der Waals surface area contributed by atoms with Crippen molar-refractivity contribution in [2.75, 3.05) is 6.61 Å². The first-order valence-corrected chi connectivity index (χ1v) is 4.98. The van der Waals surface area contributed by atoms with Gasteiger partial charge in [-0.1, -0.05) is 6.92 Å². The Balaban J connectivity index is 2.31. The summed E-state index contributed by atoms with van der Waals surface area (Å²) in [5.41, 5.74) is 0. The number of ketones is 1. The van der Waals surface area contributed by atoms with E-state index in [0.717, 1.165) is 6.42 Å². The Bertz CT molecular complexity index is 179. The number of carbonyl (C=O) groups excluding carboxylic acids is 1. The monoisotopic (exact) mass is 186 g/mol. The minimum atomic E-state index is -0.293. The Morgan fingerprint density at radius 3 is 2.69 bits per heavy atom. The molecule has 0 N–H and O–H groups in total. The Labute approximate surface area is 79.4 Å². The molecule has 0 bridgehead atoms. The highest BCUT2D eigenvalue weighted by molar-refractivity contribution is 5.90. The number of carbonyl (C=O) groups is 1. The van der Waals surface area contributed by atoms with Crippen molar-refractivity contribution in [2.24, 2.45) is 0 Å². The quantitative estimate of drug-likeness (QED) is 0.653. The molecule has 1 aliphatic carbocycles. The van der Waals surface area contributed by atoms with Crippen LogP contribution >= 0.6 is 0 Å². The summed E-state index contributed by atoms with van der Waals surface area (Å²) in [5, 5.41) is 0. The molecular formula is C10H18O3. The van der Waals surface area contributed by atoms with Gasteiger partial charge in [0, 0.05) is 13.0 Å². The Kier molecular flexibility index (Phi) is 3.88. The predicted molar refractivity (Wildman–Crippen MR) is 49.7 cm³/mol. The largest absolute Gasteiger partial charge is 0.372 e. The summed E-state index contributed by atoms with van der Waals surface area (Å²) in [6.45, 7) is 6.56. The average molecular weight is 186 g/mol. The molecule has 0 radical (unpaired) electrons. The molecule has 0 spiro atoms. The zero-order chi connectivity index (χ0) is 9.84. The van der Waals surface area contributed by atoms with Crippen LogP contribution in [0.25, 0.3) is 0 Å². The van der Waals surface area contributed by atoms with E-state index in [9.17, 15) is 4.79 Å². The van der Waals surface area contributed by atoms with Crippen LogP contribution in [0.15, 0.2) is 0 Å². The molecule has 0 aromatic rings. The summed E-state index contributed by atoms with van der Waals surface area (Å²) in [4.78, 5) is 11.1. The molecule has 1 fully saturated rings. The minimum absolute atomic E-state index is 0.00222. The van der Waals surface area contributed by atoms with Crippen molar-refractivity contribution in [1.82, 2.24) is 0 Å². The first-order valence-electron chi connectivity index (χ1n) is 4.98. The first kappa shape index (κ1) is 10.7. The van der Waals surface area contributed by atoms with Gasteiger partial charge < -0.3 is 9.47 Å². The van der Waals surface area contributed by atoms with Crippen molar-refractivity contribution in [1.29, 1.82) is 0 Å². The van der Waals surface area contributed by atoms with Crippen molar-refractivity contribution in [2.45, 2.75) is 51.9 Å². The number of hydrogen-bond acceptors (Lipinski definition) is 3. The minimum Gasteiger partial charge on any atom is -0.372 e. The molecule has 0 aromatic heterocycles. The lowest BCUT2D eigenvalue weighted by Crippen LogP contribution is -2.51. The fraction of sp³-hybridized carbons (Fsp3) is 0.900. The van der Waals surface area contributed by atoms with Crippen LogP contribution in [0.1, 0.15) is 33.6 Å². The lowest BCUT2D eigenvalue weighted by Gasteiger charge is -2.35. The molecule has 13 heavy (non-hydrogen) atoms. The van der Waals surface area contributed by atoms with E-state index in [1.807, 2.05) is 13.8 Å². The lowest BCUT2D eigenvalue weighted by molar-refractivity contribution is -0.171. The van der Waals surface area contributed by atoms with Crippen LogP contribution in [-0.2, 0) is 14.3 Å². The summed E-state index contributed by atoms with van der Waals surface area (Å²) in [6, 6.07) is 0. The SMILES string of the molecule is CCOC1C(=O)CC1OC(C)CC. The van der Waals surface area contributed by atoms with Gasteiger partial charge in [0.25, 0.3) is 0 Å². The van der Waals surface area contributed by atoms with Gasteiger partial charge >= 0.3 is 0 Å². The molecule has 0 aromatic carbocycles. The lowest BCUT2D eigenvalue weighted by atomic mass is 9.89. The summed E-state index contributed by atoms with van der Waals surface area (Å²) in [6.07, 6.45) is 1.43. The van der Waals surface area contributed by atoms with Crippen molar-refractivity contribution in [3.8, 4) is 0 Å². The van der Waals surface area contributed by atoms with Gasteiger partial charge in [0.05, 0.1) is 12.2 Å². The zero-order valence-corrected chi connectivity index (χ0v) is 8.58. The van der Waals surface area contributed by atoms with Crippen molar-refractivity contribution in [3.05, 3.63) is 0 Å². The number of Topliss-reactive ketones (excluding diaryl/α,β-unsaturated/α-hetero) is 1. The van der Waals surface area contributed by atoms with E-state index >= 15 is 0 Å². The molecule has 3 atom stereocenters. The Morgan fingerprint density at radius 1 is 1.54 bits per heavy atom. The maximum atomic E-state index is 11.1. The van der Waals surface area contributed by atoms with E-state index < -0.39 is 0 Å². The van der Waals surface area contributed by atoms with Gasteiger partial charge in [0.1, 0.15) is 6.10 Å². The smallest absolute Gasteiger partial charge is 0.166 e. The van der Waals surface area contributed by atoms with Gasteiger partial charge in [-0.2, -0.15) is 0 Å². The summed E-state index contributed by atoms with van der Waals surface area (Å²) < 4.78 is 10.9. The maximum absolute atomic E-state index is 11.1. The fourth-order valence-corrected chi connectivity index (χ4v) is 1.36. The number of rotatable bonds is 5. The molecule has 3 heteroatoms. The van der Waals surface area contributed by atoms with Gasteiger partial charge in [0.2, 0.25) is 0 Å². The Hall–Kier alpha value is -0.410. The fourth-order valence-electron chi connectivity index (χ4n) is 1.36. The van der Waals surface area contributed by atoms with Crippen LogP contribution in [-0.4, -0.2) is 30.7 Å². The molecule has 1 rings (SSSR count). The van der Waals surface area contributed by atoms with Crippen LogP contribution in [0.2, 0.25) is 0 Å². The van der Waals surface area contributed by atoms with Crippen molar-refractivity contribution in [3.63, 3.8) is 0 Å². The third-order valence-corrected chi connectivity index (χ3v) is 2.39. The van der Waals surface area contributed by atoms with E-state index in [1.165, 1.54) is 0 Å². The molecular weight excluding hydrogens is 168 g/mol. The number of hydrogen-bond donors (Lipinski definition) is 0. The molecule has 1 aliphatic rings. The van der Waals surface area contributed by atoms with Gasteiger partial charge in [-0.25, -0.2) is 0 Å². The summed E-state index contributed by atoms with van der Waals surface area (Å²) in [7, 11) is 0. The van der Waals surface area contributed by atoms with Crippen LogP contribution < -0.4 is 0 Å². The first-order chi connectivity index (χ1) is 6.19. The van der Waals surface area contributed by atoms with Gasteiger partial charge in [-0.15, -0.1) is 0 Å². The van der Waals surface area contributed by atoms with E-state index in [1.54, 1.807) is 0 Å². The van der Waals surface area contributed by atoms with Gasteiger partial charge in [-0.3, -0.25) is 4.79 Å². The highest BCUT2D eigenvalue weighted by Gasteiger charge is 2.41. The third kappa shape index (κ3) is 2.51. The van der Waals surface area contributed by atoms with Crippen LogP contribution in [0.3, 0.4) is 0 Å². The molecule has 1 saturated carbocycles. The third-order valence-electron chi connectivity index (χ3n) is 2.39. The van der Waals surface area contributed by atoms with Gasteiger partial charge in [0.15, 0.2) is 5.78 Å². The van der Waals surface area contributed by atoms with Crippen LogP contribution in [0.4, 0.5) is 0 Å². The van der Waals surface area contributed by atoms with Crippen LogP contribution in [0, 0.1) is 0 Å². The summed E-state index contributed by atoms with van der Waals surface area (Å²) in [5.74, 6) is 0.176. The molecule has 3 unspecified atom stereocenters. The zero-order valence-electron chi connectivity index (χ0n) is 8.58. The van der Waals surface area contributed by atoms with Crippen LogP contribution in [0.5, 0.6) is 0 Å². The normalized spacial score (nSPS) is 29.9. The highest BCUT2D eigenvalue weighted by atomic mass is 16.6.